The lowest BCUT2D eigenvalue weighted by Crippen LogP contribution is -2.41. The number of carbonyl (C=O) groups excluding carboxylic acids is 1. The third-order valence-corrected chi connectivity index (χ3v) is 2.07. The normalized spacial score (nSPS) is 11.9. The van der Waals surface area contributed by atoms with Crippen LogP contribution in [0, 0.1) is 0 Å². The van der Waals surface area contributed by atoms with Crippen molar-refractivity contribution in [3.05, 3.63) is 0 Å². The Kier molecular flexibility index (Phi) is 7.90. The van der Waals surface area contributed by atoms with E-state index in [1.807, 2.05) is 12.2 Å². The molecule has 4 nitrogen and oxygen atoms in total. The van der Waals surface area contributed by atoms with Crippen LogP contribution in [0.1, 0.15) is 19.8 Å². The van der Waals surface area contributed by atoms with Crippen molar-refractivity contribution in [1.29, 1.82) is 0 Å². The smallest absolute Gasteiger partial charge is 0.346 e. The van der Waals surface area contributed by atoms with Crippen LogP contribution in [0.2, 0.25) is 0 Å². The van der Waals surface area contributed by atoms with E-state index in [1.165, 1.54) is 0 Å². The van der Waals surface area contributed by atoms with E-state index < -0.39 is 18.6 Å². The van der Waals surface area contributed by atoms with Crippen LogP contribution >= 0.6 is 0 Å². The molecule has 102 valence electrons. The summed E-state index contributed by atoms with van der Waals surface area (Å²) < 4.78 is 35.6. The Bertz CT molecular complexity index is 221. The molecule has 0 aliphatic heterocycles. The van der Waals surface area contributed by atoms with Gasteiger partial charge in [-0.25, -0.2) is 0 Å². The van der Waals surface area contributed by atoms with Gasteiger partial charge in [0.1, 0.15) is 6.54 Å². The van der Waals surface area contributed by atoms with Crippen LogP contribution in [0.4, 0.5) is 13.2 Å². The van der Waals surface area contributed by atoms with Crippen molar-refractivity contribution in [3.63, 3.8) is 0 Å². The highest BCUT2D eigenvalue weighted by Gasteiger charge is 2.27. The fraction of sp³-hybridized carbons (Fsp3) is 0.900. The first-order valence-electron chi connectivity index (χ1n) is 5.65. The van der Waals surface area contributed by atoms with E-state index in [4.69, 9.17) is 5.73 Å². The Hall–Kier alpha value is -0.820. The quantitative estimate of drug-likeness (QED) is 0.672. The highest BCUT2D eigenvalue weighted by Crippen LogP contribution is 2.12. The van der Waals surface area contributed by atoms with E-state index in [0.29, 0.717) is 19.6 Å². The number of carbonyl (C=O) groups is 1. The number of rotatable bonds is 8. The zero-order valence-electron chi connectivity index (χ0n) is 10.0. The molecular formula is C10H20F3N3O. The highest BCUT2D eigenvalue weighted by atomic mass is 19.4. The number of nitrogens with two attached hydrogens (primary N) is 1. The van der Waals surface area contributed by atoms with E-state index in [-0.39, 0.29) is 6.54 Å². The maximum Gasteiger partial charge on any atom is 0.405 e. The predicted octanol–water partition coefficient (Wildman–Crippen LogP) is 0.726. The van der Waals surface area contributed by atoms with Crippen molar-refractivity contribution in [1.82, 2.24) is 10.2 Å². The Balaban J connectivity index is 3.94. The zero-order chi connectivity index (χ0) is 13.3. The summed E-state index contributed by atoms with van der Waals surface area (Å²) in [4.78, 5) is 13.1. The van der Waals surface area contributed by atoms with Gasteiger partial charge in [-0.3, -0.25) is 9.69 Å². The largest absolute Gasteiger partial charge is 0.405 e. The van der Waals surface area contributed by atoms with Crippen LogP contribution in [-0.2, 0) is 4.79 Å². The van der Waals surface area contributed by atoms with Gasteiger partial charge in [0.25, 0.3) is 0 Å². The molecule has 0 radical (unpaired) electrons. The molecule has 0 atom stereocenters. The number of amides is 1. The monoisotopic (exact) mass is 255 g/mol. The lowest BCUT2D eigenvalue weighted by molar-refractivity contribution is -0.139. The van der Waals surface area contributed by atoms with E-state index in [9.17, 15) is 18.0 Å². The summed E-state index contributed by atoms with van der Waals surface area (Å²) in [7, 11) is 0. The molecule has 0 bridgehead atoms. The van der Waals surface area contributed by atoms with Crippen LogP contribution < -0.4 is 11.1 Å². The maximum absolute atomic E-state index is 11.9. The van der Waals surface area contributed by atoms with Crippen molar-refractivity contribution in [3.8, 4) is 0 Å². The molecule has 0 aliphatic carbocycles. The van der Waals surface area contributed by atoms with Gasteiger partial charge in [-0.1, -0.05) is 6.92 Å². The summed E-state index contributed by atoms with van der Waals surface area (Å²) in [6.45, 7) is 2.48. The van der Waals surface area contributed by atoms with Crippen molar-refractivity contribution >= 4 is 5.91 Å². The van der Waals surface area contributed by atoms with Crippen LogP contribution in [-0.4, -0.2) is 49.7 Å². The fourth-order valence-electron chi connectivity index (χ4n) is 1.36. The zero-order valence-corrected chi connectivity index (χ0v) is 10.0. The molecule has 3 N–H and O–H groups in total. The molecule has 0 unspecified atom stereocenters. The first-order valence-corrected chi connectivity index (χ1v) is 5.65. The minimum absolute atomic E-state index is 0.0100. The third-order valence-electron chi connectivity index (χ3n) is 2.07. The number of nitrogens with one attached hydrogen (secondary N) is 1. The Morgan fingerprint density at radius 1 is 1.35 bits per heavy atom. The van der Waals surface area contributed by atoms with Crippen molar-refractivity contribution in [2.45, 2.75) is 25.9 Å². The molecule has 0 saturated heterocycles. The standard InChI is InChI=1S/C10H20F3N3O/c1-2-5-16(6-3-4-14)7-9(17)15-8-10(11,12)13/h2-8,14H2,1H3,(H,15,17). The predicted molar refractivity (Wildman–Crippen MR) is 59.5 cm³/mol. The van der Waals surface area contributed by atoms with Crippen LogP contribution in [0.3, 0.4) is 0 Å². The summed E-state index contributed by atoms with van der Waals surface area (Å²) in [6, 6.07) is 0. The summed E-state index contributed by atoms with van der Waals surface area (Å²) in [6.07, 6.45) is -2.79. The first-order chi connectivity index (χ1) is 7.89. The van der Waals surface area contributed by atoms with Gasteiger partial charge in [-0.15, -0.1) is 0 Å². The fourth-order valence-corrected chi connectivity index (χ4v) is 1.36. The van der Waals surface area contributed by atoms with Gasteiger partial charge in [0.15, 0.2) is 0 Å². The molecular weight excluding hydrogens is 235 g/mol. The summed E-state index contributed by atoms with van der Waals surface area (Å²) in [5.74, 6) is -0.604. The van der Waals surface area contributed by atoms with Gasteiger partial charge in [-0.2, -0.15) is 13.2 Å². The van der Waals surface area contributed by atoms with Crippen LogP contribution in [0.5, 0.6) is 0 Å². The molecule has 0 aliphatic rings. The second-order valence-corrected chi connectivity index (χ2v) is 3.81. The van der Waals surface area contributed by atoms with E-state index >= 15 is 0 Å². The van der Waals surface area contributed by atoms with Gasteiger partial charge in [0.05, 0.1) is 6.54 Å². The first kappa shape index (κ1) is 16.2. The van der Waals surface area contributed by atoms with Gasteiger partial charge in [0, 0.05) is 0 Å². The molecule has 0 heterocycles. The molecule has 0 fully saturated rings. The highest BCUT2D eigenvalue weighted by molar-refractivity contribution is 5.78. The molecule has 17 heavy (non-hydrogen) atoms. The van der Waals surface area contributed by atoms with Gasteiger partial charge >= 0.3 is 6.18 Å². The Morgan fingerprint density at radius 2 is 2.00 bits per heavy atom. The average Bonchev–Trinajstić information content (AvgIpc) is 2.22. The molecule has 0 aromatic carbocycles. The second kappa shape index (κ2) is 8.30. The lowest BCUT2D eigenvalue weighted by atomic mass is 10.3. The number of nitrogens with zero attached hydrogens (tertiary/aromatic N) is 1. The van der Waals surface area contributed by atoms with Crippen molar-refractivity contribution in [2.24, 2.45) is 5.73 Å². The average molecular weight is 255 g/mol. The number of hydrogen-bond donors (Lipinski definition) is 2. The second-order valence-electron chi connectivity index (χ2n) is 3.81. The molecule has 0 rings (SSSR count). The van der Waals surface area contributed by atoms with Crippen LogP contribution in [0.15, 0.2) is 0 Å². The molecule has 1 amide bonds. The maximum atomic E-state index is 11.9. The summed E-state index contributed by atoms with van der Waals surface area (Å²) in [5.41, 5.74) is 5.34. The number of halogens is 3. The molecule has 7 heteroatoms. The number of alkyl halides is 3. The minimum Gasteiger partial charge on any atom is -0.346 e. The third kappa shape index (κ3) is 10.1. The van der Waals surface area contributed by atoms with E-state index in [0.717, 1.165) is 12.8 Å². The minimum atomic E-state index is -4.36. The van der Waals surface area contributed by atoms with Gasteiger partial charge < -0.3 is 11.1 Å². The van der Waals surface area contributed by atoms with Crippen LogP contribution in [0.25, 0.3) is 0 Å². The van der Waals surface area contributed by atoms with Crippen molar-refractivity contribution in [2.75, 3.05) is 32.7 Å². The topological polar surface area (TPSA) is 58.4 Å². The SMILES string of the molecule is CCCN(CCCN)CC(=O)NCC(F)(F)F. The Labute approximate surface area is 99.3 Å². The molecule has 0 spiro atoms. The van der Waals surface area contributed by atoms with Gasteiger partial charge in [0.2, 0.25) is 5.91 Å². The number of hydrogen-bond acceptors (Lipinski definition) is 3. The summed E-state index contributed by atoms with van der Waals surface area (Å²) in [5, 5.41) is 1.85. The van der Waals surface area contributed by atoms with E-state index in [2.05, 4.69) is 0 Å². The summed E-state index contributed by atoms with van der Waals surface area (Å²) >= 11 is 0. The van der Waals surface area contributed by atoms with E-state index in [1.54, 1.807) is 4.90 Å². The molecule has 0 aromatic rings. The Morgan fingerprint density at radius 3 is 2.47 bits per heavy atom. The molecule has 0 aromatic heterocycles. The van der Waals surface area contributed by atoms with Gasteiger partial charge in [-0.05, 0) is 32.5 Å². The lowest BCUT2D eigenvalue weighted by Gasteiger charge is -2.20. The van der Waals surface area contributed by atoms with Crippen molar-refractivity contribution < 1.29 is 18.0 Å². The molecule has 0 saturated carbocycles.